The van der Waals surface area contributed by atoms with Gasteiger partial charge < -0.3 is 9.72 Å². The van der Waals surface area contributed by atoms with Crippen molar-refractivity contribution >= 4 is 21.5 Å². The molecular weight excluding hydrogens is 419 g/mol. The highest BCUT2D eigenvalue weighted by atomic mass is 32.2. The molecule has 0 fully saturated rings. The summed E-state index contributed by atoms with van der Waals surface area (Å²) in [5, 5.41) is 0.754. The first-order valence-corrected chi connectivity index (χ1v) is 11.0. The van der Waals surface area contributed by atoms with E-state index >= 15 is 0 Å². The zero-order valence-corrected chi connectivity index (χ0v) is 18.2. The van der Waals surface area contributed by atoms with Gasteiger partial charge >= 0.3 is 0 Å². The van der Waals surface area contributed by atoms with Gasteiger partial charge in [-0.15, -0.1) is 0 Å². The number of ketones is 1. The molecule has 1 atom stereocenters. The summed E-state index contributed by atoms with van der Waals surface area (Å²) < 4.78 is 45.2. The zero-order chi connectivity index (χ0) is 22.8. The van der Waals surface area contributed by atoms with Crippen molar-refractivity contribution in [2.75, 3.05) is 11.8 Å². The van der Waals surface area contributed by atoms with Crippen LogP contribution in [0.1, 0.15) is 45.7 Å². The number of aromatic amines is 1. The third-order valence-electron chi connectivity index (χ3n) is 5.03. The Bertz CT molecular complexity index is 1230. The lowest BCUT2D eigenvalue weighted by Crippen LogP contribution is -2.09. The Morgan fingerprint density at radius 2 is 1.87 bits per heavy atom. The van der Waals surface area contributed by atoms with Crippen LogP contribution < -0.4 is 9.46 Å². The molecule has 1 heterocycles. The molecule has 0 radical (unpaired) electrons. The molecule has 0 amide bonds. The second kappa shape index (κ2) is 8.77. The van der Waals surface area contributed by atoms with E-state index in [2.05, 4.69) is 16.3 Å². The van der Waals surface area contributed by atoms with Gasteiger partial charge in [-0.3, -0.25) is 9.52 Å². The summed E-state index contributed by atoms with van der Waals surface area (Å²) in [4.78, 5) is 16.0. The molecule has 0 aliphatic carbocycles. The third-order valence-corrected chi connectivity index (χ3v) is 5.99. The Labute approximate surface area is 180 Å². The van der Waals surface area contributed by atoms with Gasteiger partial charge in [0.15, 0.2) is 0 Å². The Kier molecular flexibility index (Phi) is 6.31. The maximum absolute atomic E-state index is 14.7. The largest absolute Gasteiger partial charge is 0.497 e. The van der Waals surface area contributed by atoms with Crippen molar-refractivity contribution in [2.24, 2.45) is 0 Å². The monoisotopic (exact) mass is 442 g/mol. The molecule has 1 aromatic heterocycles. The van der Waals surface area contributed by atoms with Crippen LogP contribution in [0.3, 0.4) is 0 Å². The van der Waals surface area contributed by atoms with Crippen LogP contribution in [-0.4, -0.2) is 26.3 Å². The molecule has 0 aliphatic heterocycles. The summed E-state index contributed by atoms with van der Waals surface area (Å²) in [5.41, 5.74) is 2.83. The number of rotatable bonds is 8. The molecule has 2 N–H and O–H groups in total. The number of aryl methyl sites for hydroxylation is 1. The number of aromatic nitrogens is 1. The Hall–Kier alpha value is -3.39. The number of sulfonamides is 1. The van der Waals surface area contributed by atoms with Gasteiger partial charge in [-0.25, -0.2) is 12.8 Å². The molecule has 8 heteroatoms. The predicted molar refractivity (Wildman–Crippen MR) is 119 cm³/mol. The van der Waals surface area contributed by atoms with Crippen molar-refractivity contribution in [3.63, 3.8) is 0 Å². The van der Waals surface area contributed by atoms with Gasteiger partial charge in [-0.05, 0) is 60.5 Å². The molecule has 162 valence electrons. The SMILES string of the molecule is C=CS(=O)(=O)Nc1ccc(C(C)c2cc(C)c(C(=O)c3ccc(OC)cc3)[nH]2)c(F)c1. The van der Waals surface area contributed by atoms with Gasteiger partial charge in [-0.2, -0.15) is 0 Å². The van der Waals surface area contributed by atoms with E-state index in [1.165, 1.54) is 12.1 Å². The van der Waals surface area contributed by atoms with E-state index in [4.69, 9.17) is 4.74 Å². The van der Waals surface area contributed by atoms with Crippen LogP contribution in [0.5, 0.6) is 5.75 Å². The molecule has 31 heavy (non-hydrogen) atoms. The quantitative estimate of drug-likeness (QED) is 0.493. The lowest BCUT2D eigenvalue weighted by Gasteiger charge is -2.13. The number of carbonyl (C=O) groups excluding carboxylic acids is 1. The van der Waals surface area contributed by atoms with Gasteiger partial charge in [-0.1, -0.05) is 19.6 Å². The van der Waals surface area contributed by atoms with Gasteiger partial charge in [0.25, 0.3) is 10.0 Å². The average molecular weight is 443 g/mol. The van der Waals surface area contributed by atoms with E-state index in [-0.39, 0.29) is 17.4 Å². The minimum atomic E-state index is -3.72. The molecule has 0 saturated carbocycles. The first-order chi connectivity index (χ1) is 14.6. The molecular formula is C23H23FN2O4S. The van der Waals surface area contributed by atoms with E-state index in [0.29, 0.717) is 28.3 Å². The van der Waals surface area contributed by atoms with Gasteiger partial charge in [0.1, 0.15) is 11.6 Å². The summed E-state index contributed by atoms with van der Waals surface area (Å²) in [6.07, 6.45) is 0. The highest BCUT2D eigenvalue weighted by Crippen LogP contribution is 2.30. The summed E-state index contributed by atoms with van der Waals surface area (Å²) in [5.74, 6) is -0.468. The minimum absolute atomic E-state index is 0.103. The van der Waals surface area contributed by atoms with Crippen molar-refractivity contribution in [3.05, 3.63) is 94.4 Å². The number of ether oxygens (including phenoxy) is 1. The van der Waals surface area contributed by atoms with E-state index in [9.17, 15) is 17.6 Å². The van der Waals surface area contributed by atoms with E-state index in [1.54, 1.807) is 38.3 Å². The molecule has 3 aromatic rings. The molecule has 1 unspecified atom stereocenters. The van der Waals surface area contributed by atoms with Crippen LogP contribution in [-0.2, 0) is 10.0 Å². The fourth-order valence-corrected chi connectivity index (χ4v) is 3.79. The molecule has 6 nitrogen and oxygen atoms in total. The van der Waals surface area contributed by atoms with Crippen molar-refractivity contribution in [2.45, 2.75) is 19.8 Å². The zero-order valence-electron chi connectivity index (χ0n) is 17.4. The van der Waals surface area contributed by atoms with Crippen molar-refractivity contribution in [3.8, 4) is 5.75 Å². The fourth-order valence-electron chi connectivity index (χ4n) is 3.26. The molecule has 3 rings (SSSR count). The van der Waals surface area contributed by atoms with Crippen LogP contribution in [0.4, 0.5) is 10.1 Å². The third kappa shape index (κ3) is 4.86. The summed E-state index contributed by atoms with van der Waals surface area (Å²) in [7, 11) is -2.17. The first kappa shape index (κ1) is 22.3. The molecule has 2 aromatic carbocycles. The summed E-state index contributed by atoms with van der Waals surface area (Å²) in [6.45, 7) is 6.83. The van der Waals surface area contributed by atoms with Gasteiger partial charge in [0.05, 0.1) is 18.5 Å². The number of hydrogen-bond acceptors (Lipinski definition) is 4. The Morgan fingerprint density at radius 3 is 2.45 bits per heavy atom. The maximum atomic E-state index is 14.7. The second-order valence-electron chi connectivity index (χ2n) is 7.11. The predicted octanol–water partition coefficient (Wildman–Crippen LogP) is 4.74. The number of methoxy groups -OCH3 is 1. The lowest BCUT2D eigenvalue weighted by atomic mass is 9.97. The minimum Gasteiger partial charge on any atom is -0.497 e. The number of carbonyl (C=O) groups is 1. The fraction of sp³-hybridized carbons (Fsp3) is 0.174. The smallest absolute Gasteiger partial charge is 0.254 e. The van der Waals surface area contributed by atoms with E-state index < -0.39 is 15.8 Å². The average Bonchev–Trinajstić information content (AvgIpc) is 3.14. The highest BCUT2D eigenvalue weighted by molar-refractivity contribution is 7.95. The van der Waals surface area contributed by atoms with Crippen LogP contribution in [0.25, 0.3) is 0 Å². The highest BCUT2D eigenvalue weighted by Gasteiger charge is 2.20. The van der Waals surface area contributed by atoms with Crippen LogP contribution in [0, 0.1) is 12.7 Å². The summed E-state index contributed by atoms with van der Waals surface area (Å²) in [6, 6.07) is 12.7. The number of benzene rings is 2. The van der Waals surface area contributed by atoms with Gasteiger partial charge in [0.2, 0.25) is 5.78 Å². The number of H-pyrrole nitrogens is 1. The normalized spacial score (nSPS) is 12.3. The summed E-state index contributed by atoms with van der Waals surface area (Å²) >= 11 is 0. The van der Waals surface area contributed by atoms with Crippen LogP contribution in [0.15, 0.2) is 60.5 Å². The number of anilines is 1. The molecule has 0 bridgehead atoms. The number of hydrogen-bond donors (Lipinski definition) is 2. The molecule has 0 saturated heterocycles. The van der Waals surface area contributed by atoms with Crippen molar-refractivity contribution in [1.82, 2.24) is 4.98 Å². The Morgan fingerprint density at radius 1 is 1.19 bits per heavy atom. The van der Waals surface area contributed by atoms with Crippen molar-refractivity contribution in [1.29, 1.82) is 0 Å². The number of nitrogens with one attached hydrogen (secondary N) is 2. The standard InChI is InChI=1S/C23H23FN2O4S/c1-5-31(28,29)26-17-8-11-19(20(24)13-17)15(3)21-12-14(2)22(25-21)23(27)16-6-9-18(30-4)10-7-16/h5-13,15,25-26H,1H2,2-4H3. The van der Waals surface area contributed by atoms with Crippen LogP contribution >= 0.6 is 0 Å². The van der Waals surface area contributed by atoms with Crippen LogP contribution in [0.2, 0.25) is 0 Å². The topological polar surface area (TPSA) is 88.3 Å². The van der Waals surface area contributed by atoms with Crippen molar-refractivity contribution < 1.29 is 22.3 Å². The van der Waals surface area contributed by atoms with E-state index in [0.717, 1.165) is 17.0 Å². The maximum Gasteiger partial charge on any atom is 0.254 e. The second-order valence-corrected chi connectivity index (χ2v) is 8.74. The van der Waals surface area contributed by atoms with Gasteiger partial charge in [0, 0.05) is 22.6 Å². The first-order valence-electron chi connectivity index (χ1n) is 9.48. The molecule has 0 aliphatic rings. The lowest BCUT2D eigenvalue weighted by molar-refractivity contribution is 0.103. The van der Waals surface area contributed by atoms with E-state index in [1.807, 2.05) is 13.0 Å². The molecule has 0 spiro atoms. The Balaban J connectivity index is 1.87. The number of halogens is 1.